The highest BCUT2D eigenvalue weighted by molar-refractivity contribution is 5.83. The predicted octanol–water partition coefficient (Wildman–Crippen LogP) is 1.05. The number of carbonyl (C=O) groups excluding carboxylic acids is 1. The molecule has 0 saturated heterocycles. The Labute approximate surface area is 105 Å². The van der Waals surface area contributed by atoms with Crippen molar-refractivity contribution < 1.29 is 15.0 Å². The summed E-state index contributed by atoms with van der Waals surface area (Å²) in [5, 5.41) is 28.0. The van der Waals surface area contributed by atoms with Crippen molar-refractivity contribution in [2.45, 2.75) is 37.9 Å². The lowest BCUT2D eigenvalue weighted by Crippen LogP contribution is -2.19. The first-order chi connectivity index (χ1) is 8.61. The average Bonchev–Trinajstić information content (AvgIpc) is 2.37. The number of nitrogens with zero attached hydrogens (tertiary/aromatic N) is 1. The van der Waals surface area contributed by atoms with Crippen LogP contribution in [0.25, 0.3) is 0 Å². The maximum Gasteiger partial charge on any atom is 0.137 e. The van der Waals surface area contributed by atoms with Gasteiger partial charge in [-0.25, -0.2) is 0 Å². The van der Waals surface area contributed by atoms with Crippen molar-refractivity contribution in [1.29, 1.82) is 5.26 Å². The van der Waals surface area contributed by atoms with Crippen LogP contribution in [0.15, 0.2) is 18.2 Å². The summed E-state index contributed by atoms with van der Waals surface area (Å²) >= 11 is 0. The third kappa shape index (κ3) is 2.58. The first-order valence-corrected chi connectivity index (χ1v) is 5.98. The summed E-state index contributed by atoms with van der Waals surface area (Å²) in [6.45, 7) is 0. The normalized spacial score (nSPS) is 17.7. The fourth-order valence-corrected chi connectivity index (χ4v) is 2.24. The molecule has 94 valence electrons. The molecule has 4 heteroatoms. The summed E-state index contributed by atoms with van der Waals surface area (Å²) in [6, 6.07) is 7.19. The molecule has 4 nitrogen and oxygen atoms in total. The minimum Gasteiger partial charge on any atom is -0.389 e. The molecule has 0 saturated carbocycles. The maximum absolute atomic E-state index is 11.3. The van der Waals surface area contributed by atoms with Gasteiger partial charge in [-0.3, -0.25) is 4.79 Å². The van der Waals surface area contributed by atoms with Gasteiger partial charge >= 0.3 is 0 Å². The lowest BCUT2D eigenvalue weighted by molar-refractivity contribution is -0.118. The van der Waals surface area contributed by atoms with E-state index in [4.69, 9.17) is 5.26 Å². The summed E-state index contributed by atoms with van der Waals surface area (Å²) < 4.78 is 0. The van der Waals surface area contributed by atoms with E-state index in [1.807, 2.05) is 18.2 Å². The molecule has 0 fully saturated rings. The molecule has 18 heavy (non-hydrogen) atoms. The van der Waals surface area contributed by atoms with E-state index in [2.05, 4.69) is 0 Å². The molecule has 2 atom stereocenters. The lowest BCUT2D eigenvalue weighted by atomic mass is 9.88. The van der Waals surface area contributed by atoms with Crippen LogP contribution in [-0.2, 0) is 17.6 Å². The summed E-state index contributed by atoms with van der Waals surface area (Å²) in [6.07, 6.45) is -0.551. The van der Waals surface area contributed by atoms with Crippen LogP contribution >= 0.6 is 0 Å². The van der Waals surface area contributed by atoms with E-state index >= 15 is 0 Å². The fraction of sp³-hybridized carbons (Fsp3) is 0.429. The Morgan fingerprint density at radius 3 is 2.78 bits per heavy atom. The Balaban J connectivity index is 2.21. The highest BCUT2D eigenvalue weighted by Gasteiger charge is 2.21. The molecule has 0 radical (unpaired) electrons. The quantitative estimate of drug-likeness (QED) is 0.834. The molecule has 0 aromatic heterocycles. The van der Waals surface area contributed by atoms with Gasteiger partial charge in [0.2, 0.25) is 0 Å². The van der Waals surface area contributed by atoms with Crippen LogP contribution in [0.4, 0.5) is 0 Å². The summed E-state index contributed by atoms with van der Waals surface area (Å²) in [5.74, 6) is 0.236. The second kappa shape index (κ2) is 5.30. The molecule has 0 spiro atoms. The number of fused-ring (bicyclic) bond motifs is 1. The number of benzene rings is 1. The number of rotatable bonds is 3. The fourth-order valence-electron chi connectivity index (χ4n) is 2.24. The van der Waals surface area contributed by atoms with Crippen molar-refractivity contribution >= 4 is 5.78 Å². The van der Waals surface area contributed by atoms with Gasteiger partial charge in [0.25, 0.3) is 0 Å². The van der Waals surface area contributed by atoms with Gasteiger partial charge in [0.05, 0.1) is 18.6 Å². The summed E-state index contributed by atoms with van der Waals surface area (Å²) in [4.78, 5) is 11.3. The number of hydrogen-bond acceptors (Lipinski definition) is 4. The number of aliphatic hydroxyl groups excluding tert-OH is 2. The van der Waals surface area contributed by atoms with E-state index in [-0.39, 0.29) is 12.2 Å². The number of hydrogen-bond donors (Lipinski definition) is 2. The van der Waals surface area contributed by atoms with Crippen LogP contribution in [0.3, 0.4) is 0 Å². The third-order valence-electron chi connectivity index (χ3n) is 3.30. The second-order valence-electron chi connectivity index (χ2n) is 4.62. The Kier molecular flexibility index (Phi) is 3.75. The monoisotopic (exact) mass is 245 g/mol. The highest BCUT2D eigenvalue weighted by atomic mass is 16.3. The van der Waals surface area contributed by atoms with Crippen LogP contribution in [0, 0.1) is 11.3 Å². The van der Waals surface area contributed by atoms with E-state index in [1.165, 1.54) is 0 Å². The Bertz CT molecular complexity index is 504. The van der Waals surface area contributed by atoms with Gasteiger partial charge in [-0.15, -0.1) is 0 Å². The topological polar surface area (TPSA) is 81.3 Å². The molecule has 0 bridgehead atoms. The SMILES string of the molecule is N#CCC(O)C(O)c1ccc2c(c1)CCC(=O)C2. The predicted molar refractivity (Wildman–Crippen MR) is 64.7 cm³/mol. The summed E-state index contributed by atoms with van der Waals surface area (Å²) in [7, 11) is 0. The van der Waals surface area contributed by atoms with Crippen molar-refractivity contribution in [2.24, 2.45) is 0 Å². The van der Waals surface area contributed by atoms with Crippen LogP contribution in [0.1, 0.15) is 35.6 Å². The Hall–Kier alpha value is -1.70. The molecule has 0 heterocycles. The number of carbonyl (C=O) groups is 1. The van der Waals surface area contributed by atoms with Gasteiger partial charge < -0.3 is 10.2 Å². The zero-order chi connectivity index (χ0) is 13.1. The average molecular weight is 245 g/mol. The van der Waals surface area contributed by atoms with E-state index in [0.29, 0.717) is 24.8 Å². The van der Waals surface area contributed by atoms with Gasteiger partial charge in [0.15, 0.2) is 0 Å². The van der Waals surface area contributed by atoms with Crippen molar-refractivity contribution in [3.63, 3.8) is 0 Å². The van der Waals surface area contributed by atoms with E-state index in [0.717, 1.165) is 11.1 Å². The van der Waals surface area contributed by atoms with Gasteiger partial charge in [-0.2, -0.15) is 5.26 Å². The van der Waals surface area contributed by atoms with Crippen molar-refractivity contribution in [3.05, 3.63) is 34.9 Å². The molecule has 1 aromatic carbocycles. The molecule has 2 N–H and O–H groups in total. The second-order valence-corrected chi connectivity index (χ2v) is 4.62. The minimum atomic E-state index is -1.07. The zero-order valence-corrected chi connectivity index (χ0v) is 9.97. The van der Waals surface area contributed by atoms with Crippen LogP contribution in [-0.4, -0.2) is 22.1 Å². The molecule has 0 amide bonds. The highest BCUT2D eigenvalue weighted by Crippen LogP contribution is 2.25. The van der Waals surface area contributed by atoms with Crippen LogP contribution in [0.5, 0.6) is 0 Å². The number of aryl methyl sites for hydroxylation is 1. The molecule has 1 aromatic rings. The number of aliphatic hydroxyl groups is 2. The third-order valence-corrected chi connectivity index (χ3v) is 3.30. The van der Waals surface area contributed by atoms with E-state index < -0.39 is 12.2 Å². The molecule has 1 aliphatic carbocycles. The largest absolute Gasteiger partial charge is 0.389 e. The number of nitriles is 1. The smallest absolute Gasteiger partial charge is 0.137 e. The molecule has 0 aliphatic heterocycles. The van der Waals surface area contributed by atoms with Gasteiger partial charge in [0, 0.05) is 12.8 Å². The van der Waals surface area contributed by atoms with E-state index in [1.54, 1.807) is 6.07 Å². The van der Waals surface area contributed by atoms with Gasteiger partial charge in [-0.1, -0.05) is 18.2 Å². The maximum atomic E-state index is 11.3. The van der Waals surface area contributed by atoms with E-state index in [9.17, 15) is 15.0 Å². The molecular weight excluding hydrogens is 230 g/mol. The zero-order valence-electron chi connectivity index (χ0n) is 9.97. The van der Waals surface area contributed by atoms with Gasteiger partial charge in [-0.05, 0) is 23.1 Å². The molecule has 1 aliphatic rings. The molecular formula is C14H15NO3. The standard InChI is InChI=1S/C14H15NO3/c15-6-5-13(17)14(18)11-2-1-10-8-12(16)4-3-9(10)7-11/h1-2,7,13-14,17-18H,3-5,8H2. The first-order valence-electron chi connectivity index (χ1n) is 5.98. The van der Waals surface area contributed by atoms with Crippen molar-refractivity contribution in [1.82, 2.24) is 0 Å². The minimum absolute atomic E-state index is 0.100. The van der Waals surface area contributed by atoms with Crippen LogP contribution < -0.4 is 0 Å². The lowest BCUT2D eigenvalue weighted by Gasteiger charge is -2.20. The Morgan fingerprint density at radius 2 is 2.06 bits per heavy atom. The number of Topliss-reactive ketones (excluding diaryl/α,β-unsaturated/α-hetero) is 1. The van der Waals surface area contributed by atoms with Gasteiger partial charge in [0.1, 0.15) is 11.9 Å². The number of ketones is 1. The Morgan fingerprint density at radius 1 is 1.28 bits per heavy atom. The molecule has 2 rings (SSSR count). The first kappa shape index (κ1) is 12.7. The summed E-state index contributed by atoms with van der Waals surface area (Å²) in [5.41, 5.74) is 2.65. The molecule has 2 unspecified atom stereocenters. The van der Waals surface area contributed by atoms with Crippen LogP contribution in [0.2, 0.25) is 0 Å². The van der Waals surface area contributed by atoms with Crippen molar-refractivity contribution in [3.8, 4) is 6.07 Å². The van der Waals surface area contributed by atoms with Crippen molar-refractivity contribution in [2.75, 3.05) is 0 Å².